The van der Waals surface area contributed by atoms with Gasteiger partial charge in [-0.2, -0.15) is 4.68 Å². The van der Waals surface area contributed by atoms with Crippen LogP contribution in [0.25, 0.3) is 5.69 Å². The van der Waals surface area contributed by atoms with E-state index in [1.165, 1.54) is 0 Å². The molecule has 0 aliphatic carbocycles. The second-order valence-electron chi connectivity index (χ2n) is 6.00. The Morgan fingerprint density at radius 1 is 1.26 bits per heavy atom. The van der Waals surface area contributed by atoms with Crippen LogP contribution in [0, 0.1) is 5.92 Å². The predicted molar refractivity (Wildman–Crippen MR) is 85.8 cm³/mol. The average Bonchev–Trinajstić information content (AvgIpc) is 3.03. The van der Waals surface area contributed by atoms with Crippen molar-refractivity contribution < 1.29 is 4.79 Å². The van der Waals surface area contributed by atoms with Crippen LogP contribution in [0.1, 0.15) is 25.6 Å². The van der Waals surface area contributed by atoms with Crippen molar-refractivity contribution in [1.29, 1.82) is 0 Å². The smallest absolute Gasteiger partial charge is 0.216 e. The molecule has 1 aromatic heterocycles. The standard InChI is InChI=1S/C16H22N6O/c1-13(23)17-11-14-7-9-21(10-8-14)12-16-18-19-20-22(16)15-5-3-2-4-6-15/h2-6,14H,7-12H2,1H3,(H,17,23). The fourth-order valence-electron chi connectivity index (χ4n) is 2.91. The number of amides is 1. The number of tetrazole rings is 1. The molecule has 0 radical (unpaired) electrons. The summed E-state index contributed by atoms with van der Waals surface area (Å²) in [6, 6.07) is 9.94. The van der Waals surface area contributed by atoms with Crippen molar-refractivity contribution in [3.05, 3.63) is 36.2 Å². The Hall–Kier alpha value is -2.28. The molecule has 2 heterocycles. The minimum absolute atomic E-state index is 0.0504. The second-order valence-corrected chi connectivity index (χ2v) is 6.00. The maximum atomic E-state index is 11.0. The first-order valence-corrected chi connectivity index (χ1v) is 8.02. The van der Waals surface area contributed by atoms with Crippen LogP contribution >= 0.6 is 0 Å². The van der Waals surface area contributed by atoms with Crippen molar-refractivity contribution >= 4 is 5.91 Å². The van der Waals surface area contributed by atoms with Gasteiger partial charge >= 0.3 is 0 Å². The minimum Gasteiger partial charge on any atom is -0.356 e. The molecular weight excluding hydrogens is 292 g/mol. The average molecular weight is 314 g/mol. The number of para-hydroxylation sites is 1. The molecule has 122 valence electrons. The van der Waals surface area contributed by atoms with E-state index in [0.717, 1.165) is 50.5 Å². The van der Waals surface area contributed by atoms with E-state index in [4.69, 9.17) is 0 Å². The van der Waals surface area contributed by atoms with Crippen LogP contribution in [0.5, 0.6) is 0 Å². The normalized spacial score (nSPS) is 16.4. The quantitative estimate of drug-likeness (QED) is 0.891. The summed E-state index contributed by atoms with van der Waals surface area (Å²) in [6.07, 6.45) is 2.18. The first kappa shape index (κ1) is 15.6. The van der Waals surface area contributed by atoms with Crippen molar-refractivity contribution in [1.82, 2.24) is 30.4 Å². The Kier molecular flexibility index (Phi) is 4.97. The molecule has 1 amide bonds. The molecule has 7 heteroatoms. The molecule has 0 saturated carbocycles. The van der Waals surface area contributed by atoms with E-state index >= 15 is 0 Å². The number of nitrogens with zero attached hydrogens (tertiary/aromatic N) is 5. The molecule has 0 unspecified atom stereocenters. The topological polar surface area (TPSA) is 75.9 Å². The van der Waals surface area contributed by atoms with E-state index in [9.17, 15) is 4.79 Å². The molecule has 3 rings (SSSR count). The lowest BCUT2D eigenvalue weighted by Crippen LogP contribution is -2.38. The van der Waals surface area contributed by atoms with Crippen molar-refractivity contribution in [3.8, 4) is 5.69 Å². The minimum atomic E-state index is 0.0504. The number of hydrogen-bond acceptors (Lipinski definition) is 5. The lowest BCUT2D eigenvalue weighted by molar-refractivity contribution is -0.119. The van der Waals surface area contributed by atoms with Gasteiger partial charge in [0.2, 0.25) is 5.91 Å². The summed E-state index contributed by atoms with van der Waals surface area (Å²) in [7, 11) is 0. The van der Waals surface area contributed by atoms with Crippen molar-refractivity contribution in [2.75, 3.05) is 19.6 Å². The summed E-state index contributed by atoms with van der Waals surface area (Å²) in [5.41, 5.74) is 0.980. The number of carbonyl (C=O) groups excluding carboxylic acids is 1. The van der Waals surface area contributed by atoms with Gasteiger partial charge in [0.05, 0.1) is 12.2 Å². The van der Waals surface area contributed by atoms with Gasteiger partial charge in [0.15, 0.2) is 5.82 Å². The number of hydrogen-bond donors (Lipinski definition) is 1. The molecular formula is C16H22N6O. The Balaban J connectivity index is 1.56. The monoisotopic (exact) mass is 314 g/mol. The van der Waals surface area contributed by atoms with Crippen molar-refractivity contribution in [2.45, 2.75) is 26.3 Å². The van der Waals surface area contributed by atoms with Gasteiger partial charge < -0.3 is 5.32 Å². The summed E-state index contributed by atoms with van der Waals surface area (Å²) in [4.78, 5) is 13.4. The Morgan fingerprint density at radius 2 is 2.00 bits per heavy atom. The third-order valence-electron chi connectivity index (χ3n) is 4.25. The highest BCUT2D eigenvalue weighted by molar-refractivity contribution is 5.72. The Bertz CT molecular complexity index is 633. The van der Waals surface area contributed by atoms with Gasteiger partial charge in [-0.15, -0.1) is 5.10 Å². The highest BCUT2D eigenvalue weighted by atomic mass is 16.1. The zero-order valence-corrected chi connectivity index (χ0v) is 13.4. The molecule has 7 nitrogen and oxygen atoms in total. The lowest BCUT2D eigenvalue weighted by atomic mass is 9.97. The van der Waals surface area contributed by atoms with Crippen LogP contribution in [-0.2, 0) is 11.3 Å². The molecule has 1 fully saturated rings. The number of piperidine rings is 1. The van der Waals surface area contributed by atoms with Gasteiger partial charge in [0, 0.05) is 13.5 Å². The second kappa shape index (κ2) is 7.32. The van der Waals surface area contributed by atoms with Gasteiger partial charge in [0.1, 0.15) is 0 Å². The Labute approximate surface area is 135 Å². The largest absolute Gasteiger partial charge is 0.356 e. The first-order chi connectivity index (χ1) is 11.2. The molecule has 23 heavy (non-hydrogen) atoms. The summed E-state index contributed by atoms with van der Waals surface area (Å²) in [5, 5.41) is 15.0. The summed E-state index contributed by atoms with van der Waals surface area (Å²) < 4.78 is 1.80. The fourth-order valence-corrected chi connectivity index (χ4v) is 2.91. The molecule has 1 aromatic carbocycles. The molecule has 1 N–H and O–H groups in total. The molecule has 0 bridgehead atoms. The van der Waals surface area contributed by atoms with Crippen LogP contribution in [0.4, 0.5) is 0 Å². The summed E-state index contributed by atoms with van der Waals surface area (Å²) >= 11 is 0. The van der Waals surface area contributed by atoms with E-state index < -0.39 is 0 Å². The van der Waals surface area contributed by atoms with Crippen molar-refractivity contribution in [3.63, 3.8) is 0 Å². The van der Waals surface area contributed by atoms with Crippen LogP contribution in [-0.4, -0.2) is 50.6 Å². The zero-order chi connectivity index (χ0) is 16.1. The molecule has 1 aliphatic heterocycles. The third kappa shape index (κ3) is 4.13. The molecule has 0 spiro atoms. The number of aromatic nitrogens is 4. The van der Waals surface area contributed by atoms with E-state index in [0.29, 0.717) is 5.92 Å². The van der Waals surface area contributed by atoms with E-state index in [1.54, 1.807) is 11.6 Å². The SMILES string of the molecule is CC(=O)NCC1CCN(Cc2nnnn2-c2ccccc2)CC1. The van der Waals surface area contributed by atoms with E-state index in [2.05, 4.69) is 25.7 Å². The number of likely N-dealkylation sites (tertiary alicyclic amines) is 1. The van der Waals surface area contributed by atoms with Gasteiger partial charge in [-0.3, -0.25) is 9.69 Å². The first-order valence-electron chi connectivity index (χ1n) is 8.02. The molecule has 2 aromatic rings. The molecule has 1 saturated heterocycles. The van der Waals surface area contributed by atoms with Crippen LogP contribution < -0.4 is 5.32 Å². The highest BCUT2D eigenvalue weighted by Gasteiger charge is 2.21. The lowest BCUT2D eigenvalue weighted by Gasteiger charge is -2.31. The van der Waals surface area contributed by atoms with Crippen LogP contribution in [0.2, 0.25) is 0 Å². The number of rotatable bonds is 5. The summed E-state index contributed by atoms with van der Waals surface area (Å²) in [6.45, 7) is 5.11. The third-order valence-corrected chi connectivity index (χ3v) is 4.25. The predicted octanol–water partition coefficient (Wildman–Crippen LogP) is 1.01. The van der Waals surface area contributed by atoms with Gasteiger partial charge in [-0.05, 0) is 54.4 Å². The van der Waals surface area contributed by atoms with Crippen LogP contribution in [0.15, 0.2) is 30.3 Å². The molecule has 1 aliphatic rings. The Morgan fingerprint density at radius 3 is 2.70 bits per heavy atom. The van der Waals surface area contributed by atoms with Crippen LogP contribution in [0.3, 0.4) is 0 Å². The van der Waals surface area contributed by atoms with E-state index in [1.807, 2.05) is 30.3 Å². The van der Waals surface area contributed by atoms with Crippen molar-refractivity contribution in [2.24, 2.45) is 5.92 Å². The highest BCUT2D eigenvalue weighted by Crippen LogP contribution is 2.18. The number of nitrogens with one attached hydrogen (secondary N) is 1. The number of carbonyl (C=O) groups is 1. The number of benzene rings is 1. The van der Waals surface area contributed by atoms with E-state index in [-0.39, 0.29) is 5.91 Å². The maximum absolute atomic E-state index is 11.0. The van der Waals surface area contributed by atoms with Gasteiger partial charge in [-0.1, -0.05) is 18.2 Å². The summed E-state index contributed by atoms with van der Waals surface area (Å²) in [5.74, 6) is 1.48. The maximum Gasteiger partial charge on any atom is 0.216 e. The van der Waals surface area contributed by atoms with Gasteiger partial charge in [-0.25, -0.2) is 0 Å². The zero-order valence-electron chi connectivity index (χ0n) is 13.4. The molecule has 0 atom stereocenters. The van der Waals surface area contributed by atoms with Gasteiger partial charge in [0.25, 0.3) is 0 Å². The fraction of sp³-hybridized carbons (Fsp3) is 0.500.